The van der Waals surface area contributed by atoms with Crippen LogP contribution in [0.2, 0.25) is 0 Å². The van der Waals surface area contributed by atoms with Crippen molar-refractivity contribution < 1.29 is 13.2 Å². The van der Waals surface area contributed by atoms with Crippen molar-refractivity contribution in [1.29, 1.82) is 0 Å². The Kier molecular flexibility index (Phi) is 2.14. The molecule has 17 heavy (non-hydrogen) atoms. The molecule has 1 saturated carbocycles. The molecule has 3 nitrogen and oxygen atoms in total. The Balaban J connectivity index is 2.13. The third kappa shape index (κ3) is 1.99. The lowest BCUT2D eigenvalue weighted by atomic mass is 10.3. The third-order valence-corrected chi connectivity index (χ3v) is 2.84. The van der Waals surface area contributed by atoms with Crippen molar-refractivity contribution in [2.24, 2.45) is 0 Å². The van der Waals surface area contributed by atoms with E-state index in [-0.39, 0.29) is 11.9 Å². The number of hydrogen-bond acceptors (Lipinski definition) is 2. The van der Waals surface area contributed by atoms with Crippen molar-refractivity contribution in [3.63, 3.8) is 0 Å². The molecule has 3 rings (SSSR count). The van der Waals surface area contributed by atoms with Gasteiger partial charge in [0.05, 0.1) is 11.7 Å². The lowest BCUT2D eigenvalue weighted by Crippen LogP contribution is -2.16. The van der Waals surface area contributed by atoms with E-state index in [0.29, 0.717) is 5.52 Å². The van der Waals surface area contributed by atoms with Gasteiger partial charge < -0.3 is 4.57 Å². The standard InChI is InChI=1S/C11H10F3N3/c12-11(13,14)5-10-16-8-6-15-4-3-9(8)17(10)7-1-2-7/h3-4,6-7H,1-2,5H2. The summed E-state index contributed by atoms with van der Waals surface area (Å²) >= 11 is 0. The topological polar surface area (TPSA) is 30.7 Å². The number of fused-ring (bicyclic) bond motifs is 1. The number of hydrogen-bond donors (Lipinski definition) is 0. The molecular formula is C11H10F3N3. The number of rotatable bonds is 2. The molecule has 0 aromatic carbocycles. The molecule has 0 aliphatic heterocycles. The maximum atomic E-state index is 12.5. The fourth-order valence-electron chi connectivity index (χ4n) is 2.04. The fourth-order valence-corrected chi connectivity index (χ4v) is 2.04. The van der Waals surface area contributed by atoms with Gasteiger partial charge in [0.25, 0.3) is 0 Å². The molecule has 2 heterocycles. The second-order valence-corrected chi connectivity index (χ2v) is 4.29. The first-order valence-electron chi connectivity index (χ1n) is 5.42. The van der Waals surface area contributed by atoms with Crippen LogP contribution in [0, 0.1) is 0 Å². The van der Waals surface area contributed by atoms with Crippen LogP contribution in [0.1, 0.15) is 24.7 Å². The molecule has 0 radical (unpaired) electrons. The van der Waals surface area contributed by atoms with Gasteiger partial charge in [-0.15, -0.1) is 0 Å². The average Bonchev–Trinajstić information content (AvgIpc) is 2.98. The van der Waals surface area contributed by atoms with Gasteiger partial charge in [0.15, 0.2) is 0 Å². The van der Waals surface area contributed by atoms with Gasteiger partial charge in [-0.1, -0.05) is 0 Å². The molecule has 0 spiro atoms. The minimum atomic E-state index is -4.22. The quantitative estimate of drug-likeness (QED) is 0.809. The van der Waals surface area contributed by atoms with Gasteiger partial charge in [-0.25, -0.2) is 4.98 Å². The highest BCUT2D eigenvalue weighted by molar-refractivity contribution is 5.75. The normalized spacial score (nSPS) is 16.6. The monoisotopic (exact) mass is 241 g/mol. The highest BCUT2D eigenvalue weighted by atomic mass is 19.4. The van der Waals surface area contributed by atoms with Crippen molar-refractivity contribution in [2.45, 2.75) is 31.5 Å². The van der Waals surface area contributed by atoms with Gasteiger partial charge >= 0.3 is 6.18 Å². The van der Waals surface area contributed by atoms with Gasteiger partial charge in [0.1, 0.15) is 17.8 Å². The molecule has 0 N–H and O–H groups in total. The number of nitrogens with zero attached hydrogens (tertiary/aromatic N) is 3. The van der Waals surface area contributed by atoms with Crippen molar-refractivity contribution in [2.75, 3.05) is 0 Å². The summed E-state index contributed by atoms with van der Waals surface area (Å²) in [6.07, 6.45) is -0.245. The number of aromatic nitrogens is 3. The van der Waals surface area contributed by atoms with E-state index in [1.54, 1.807) is 16.8 Å². The Labute approximate surface area is 95.3 Å². The highest BCUT2D eigenvalue weighted by Gasteiger charge is 2.34. The maximum Gasteiger partial charge on any atom is 0.396 e. The molecule has 0 atom stereocenters. The zero-order valence-corrected chi connectivity index (χ0v) is 8.91. The predicted molar refractivity (Wildman–Crippen MR) is 55.6 cm³/mol. The van der Waals surface area contributed by atoms with Crippen LogP contribution in [0.3, 0.4) is 0 Å². The average molecular weight is 241 g/mol. The summed E-state index contributed by atoms with van der Waals surface area (Å²) in [7, 11) is 0. The van der Waals surface area contributed by atoms with E-state index in [0.717, 1.165) is 18.4 Å². The fraction of sp³-hybridized carbons (Fsp3) is 0.455. The highest BCUT2D eigenvalue weighted by Crippen LogP contribution is 2.39. The molecule has 0 saturated heterocycles. The van der Waals surface area contributed by atoms with E-state index in [4.69, 9.17) is 0 Å². The van der Waals surface area contributed by atoms with E-state index >= 15 is 0 Å². The van der Waals surface area contributed by atoms with Crippen LogP contribution in [0.25, 0.3) is 11.0 Å². The van der Waals surface area contributed by atoms with Crippen LogP contribution in [0.15, 0.2) is 18.5 Å². The van der Waals surface area contributed by atoms with Crippen LogP contribution in [-0.2, 0) is 6.42 Å². The van der Waals surface area contributed by atoms with Gasteiger partial charge in [0, 0.05) is 12.2 Å². The van der Waals surface area contributed by atoms with Gasteiger partial charge in [-0.05, 0) is 18.9 Å². The summed E-state index contributed by atoms with van der Waals surface area (Å²) in [6, 6.07) is 1.90. The molecule has 0 bridgehead atoms. The lowest BCUT2D eigenvalue weighted by Gasteiger charge is -2.09. The maximum absolute atomic E-state index is 12.5. The Morgan fingerprint density at radius 2 is 2.12 bits per heavy atom. The minimum Gasteiger partial charge on any atom is -0.324 e. The Bertz CT molecular complexity index is 555. The van der Waals surface area contributed by atoms with E-state index in [9.17, 15) is 13.2 Å². The SMILES string of the molecule is FC(F)(F)Cc1nc2cnccc2n1C1CC1. The number of pyridine rings is 1. The zero-order valence-electron chi connectivity index (χ0n) is 8.91. The first-order chi connectivity index (χ1) is 8.04. The summed E-state index contributed by atoms with van der Waals surface area (Å²) in [5, 5.41) is 0. The molecule has 6 heteroatoms. The Morgan fingerprint density at radius 3 is 2.76 bits per heavy atom. The summed E-state index contributed by atoms with van der Waals surface area (Å²) in [4.78, 5) is 7.93. The first kappa shape index (κ1) is 10.6. The second-order valence-electron chi connectivity index (χ2n) is 4.29. The van der Waals surface area contributed by atoms with Crippen molar-refractivity contribution in [3.05, 3.63) is 24.3 Å². The van der Waals surface area contributed by atoms with Gasteiger partial charge in [-0.2, -0.15) is 13.2 Å². The number of imidazole rings is 1. The zero-order chi connectivity index (χ0) is 12.0. The third-order valence-electron chi connectivity index (χ3n) is 2.84. The first-order valence-corrected chi connectivity index (χ1v) is 5.42. The van der Waals surface area contributed by atoms with E-state index < -0.39 is 12.6 Å². The van der Waals surface area contributed by atoms with Crippen LogP contribution in [0.4, 0.5) is 13.2 Å². The van der Waals surface area contributed by atoms with Crippen LogP contribution < -0.4 is 0 Å². The van der Waals surface area contributed by atoms with Crippen LogP contribution in [-0.4, -0.2) is 20.7 Å². The van der Waals surface area contributed by atoms with Crippen LogP contribution >= 0.6 is 0 Å². The molecule has 0 unspecified atom stereocenters. The number of halogens is 3. The lowest BCUT2D eigenvalue weighted by molar-refractivity contribution is -0.128. The Hall–Kier alpha value is -1.59. The molecule has 0 amide bonds. The smallest absolute Gasteiger partial charge is 0.324 e. The van der Waals surface area contributed by atoms with Crippen molar-refractivity contribution in [3.8, 4) is 0 Å². The molecule has 2 aromatic rings. The van der Waals surface area contributed by atoms with Crippen molar-refractivity contribution >= 4 is 11.0 Å². The summed E-state index contributed by atoms with van der Waals surface area (Å²) < 4.78 is 39.1. The second kappa shape index (κ2) is 3.45. The molecular weight excluding hydrogens is 231 g/mol. The molecule has 2 aromatic heterocycles. The number of alkyl halides is 3. The van der Waals surface area contributed by atoms with Gasteiger partial charge in [-0.3, -0.25) is 4.98 Å². The molecule has 90 valence electrons. The van der Waals surface area contributed by atoms with Crippen molar-refractivity contribution in [1.82, 2.24) is 14.5 Å². The summed E-state index contributed by atoms with van der Waals surface area (Å²) in [5.74, 6) is 0.100. The molecule has 1 fully saturated rings. The van der Waals surface area contributed by atoms with E-state index in [1.165, 1.54) is 6.20 Å². The summed E-state index contributed by atoms with van der Waals surface area (Å²) in [5.41, 5.74) is 1.29. The Morgan fingerprint density at radius 1 is 1.35 bits per heavy atom. The molecule has 1 aliphatic rings. The van der Waals surface area contributed by atoms with Gasteiger partial charge in [0.2, 0.25) is 0 Å². The van der Waals surface area contributed by atoms with E-state index in [1.807, 2.05) is 0 Å². The largest absolute Gasteiger partial charge is 0.396 e. The predicted octanol–water partition coefficient (Wildman–Crippen LogP) is 2.87. The molecule has 1 aliphatic carbocycles. The summed E-state index contributed by atoms with van der Waals surface area (Å²) in [6.45, 7) is 0. The minimum absolute atomic E-state index is 0.100. The van der Waals surface area contributed by atoms with E-state index in [2.05, 4.69) is 9.97 Å². The van der Waals surface area contributed by atoms with Crippen LogP contribution in [0.5, 0.6) is 0 Å².